The van der Waals surface area contributed by atoms with Gasteiger partial charge in [0.2, 0.25) is 0 Å². The van der Waals surface area contributed by atoms with Crippen molar-refractivity contribution in [1.82, 2.24) is 9.97 Å². The van der Waals surface area contributed by atoms with Crippen LogP contribution >= 0.6 is 0 Å². The van der Waals surface area contributed by atoms with E-state index in [1.807, 2.05) is 48.5 Å². The van der Waals surface area contributed by atoms with Crippen molar-refractivity contribution in [2.75, 3.05) is 0 Å². The van der Waals surface area contributed by atoms with E-state index in [9.17, 15) is 30.6 Å². The van der Waals surface area contributed by atoms with Crippen LogP contribution < -0.4 is 30.6 Å². The van der Waals surface area contributed by atoms with Crippen LogP contribution in [0, 0.1) is 11.8 Å². The van der Waals surface area contributed by atoms with Gasteiger partial charge in [0.15, 0.2) is 0 Å². The van der Waals surface area contributed by atoms with E-state index in [4.69, 9.17) is 0 Å². The van der Waals surface area contributed by atoms with Crippen LogP contribution in [0.15, 0.2) is 154 Å². The molecule has 0 bridgehead atoms. The molecule has 0 spiro atoms. The number of fused-ring (bicyclic) bond motifs is 2. The van der Waals surface area contributed by atoms with Crippen molar-refractivity contribution < 1.29 is 81.8 Å². The predicted molar refractivity (Wildman–Crippen MR) is 193 cm³/mol. The summed E-state index contributed by atoms with van der Waals surface area (Å²) in [5, 5.41) is 86.2. The molecule has 0 saturated carbocycles. The molecule has 3 radical (unpaired) electrons. The van der Waals surface area contributed by atoms with Gasteiger partial charge < -0.3 is 30.6 Å². The summed E-state index contributed by atoms with van der Waals surface area (Å²) in [7, 11) is 0. The van der Waals surface area contributed by atoms with Crippen LogP contribution in [-0.4, -0.2) is 33.6 Å². The molecule has 295 valence electrons. The Bertz CT molecular complexity index is 1930. The van der Waals surface area contributed by atoms with Crippen LogP contribution in [0.25, 0.3) is 21.5 Å². The second-order valence-electron chi connectivity index (χ2n) is 11.4. The molecular formula is C40H36Cu3N6O6. The van der Waals surface area contributed by atoms with E-state index in [0.717, 1.165) is 10.8 Å². The van der Waals surface area contributed by atoms with E-state index in [1.165, 1.54) is 12.1 Å². The van der Waals surface area contributed by atoms with Gasteiger partial charge in [-0.3, -0.25) is 9.97 Å². The first-order valence-corrected chi connectivity index (χ1v) is 16.1. The molecule has 0 aliphatic rings. The van der Waals surface area contributed by atoms with Crippen molar-refractivity contribution >= 4 is 45.1 Å². The number of aromatic nitrogens is 2. The van der Waals surface area contributed by atoms with Crippen LogP contribution in [0.4, 0.5) is 0 Å². The first-order chi connectivity index (χ1) is 25.0. The van der Waals surface area contributed by atoms with Crippen molar-refractivity contribution in [2.24, 2.45) is 32.2 Å². The molecule has 6 rings (SSSR count). The molecule has 0 aliphatic heterocycles. The zero-order chi connectivity index (χ0) is 37.9. The molecule has 2 heterocycles. The monoisotopic (exact) mass is 885 g/mol. The Morgan fingerprint density at radius 3 is 1.04 bits per heavy atom. The molecular weight excluding hydrogens is 851 g/mol. The minimum Gasteiger partial charge on any atom is -0.872 e. The van der Waals surface area contributed by atoms with Gasteiger partial charge in [0.25, 0.3) is 0 Å². The molecule has 0 atom stereocenters. The zero-order valence-electron chi connectivity index (χ0n) is 29.9. The molecule has 0 aliphatic carbocycles. The molecule has 55 heavy (non-hydrogen) atoms. The summed E-state index contributed by atoms with van der Waals surface area (Å²) in [5.74, 6) is -4.06. The van der Waals surface area contributed by atoms with Crippen LogP contribution in [-0.2, 0) is 51.2 Å². The van der Waals surface area contributed by atoms with Gasteiger partial charge in [0, 0.05) is 36.6 Å². The van der Waals surface area contributed by atoms with Crippen molar-refractivity contribution in [2.45, 2.75) is 27.7 Å². The fourth-order valence-corrected chi connectivity index (χ4v) is 3.98. The van der Waals surface area contributed by atoms with Crippen LogP contribution in [0.1, 0.15) is 38.8 Å². The normalized spacial score (nSPS) is 11.3. The average molecular weight is 887 g/mol. The third-order valence-electron chi connectivity index (χ3n) is 6.82. The second kappa shape index (κ2) is 26.5. The van der Waals surface area contributed by atoms with Crippen LogP contribution in [0.2, 0.25) is 0 Å². The minimum absolute atomic E-state index is 0. The molecule has 12 nitrogen and oxygen atoms in total. The predicted octanol–water partition coefficient (Wildman–Crippen LogP) is 2.86. The standard InChI is InChI=1S/2C15H16N2O3.2C5H5N.3Cu/c2*1-9(2)14(19)16-17-15(20)12-8-7-10-5-3-4-6-11(10)13(12)18;2*1-2-4-6-5-3-1;;;/h2*3-9,18H,1-2H3,(H,16,19)(H,17,20);2*1-5H;;;/q;;;;3*+2/p-6. The minimum atomic E-state index is -0.797. The Kier molecular flexibility index (Phi) is 24.0. The average Bonchev–Trinajstić information content (AvgIpc) is 3.18. The topological polar surface area (TPSA) is 214 Å². The van der Waals surface area contributed by atoms with Crippen molar-refractivity contribution in [3.8, 4) is 11.5 Å². The molecule has 0 fully saturated rings. The van der Waals surface area contributed by atoms with Gasteiger partial charge in [-0.05, 0) is 80.6 Å². The third-order valence-corrected chi connectivity index (χ3v) is 6.82. The summed E-state index contributed by atoms with van der Waals surface area (Å²) in [6, 6.07) is 31.5. The van der Waals surface area contributed by atoms with E-state index in [-0.39, 0.29) is 74.2 Å². The second-order valence-corrected chi connectivity index (χ2v) is 11.4. The molecule has 4 aromatic carbocycles. The molecule has 0 N–H and O–H groups in total. The molecule has 0 unspecified atom stereocenters. The molecule has 6 aromatic rings. The van der Waals surface area contributed by atoms with Gasteiger partial charge in [-0.15, -0.1) is 0 Å². The van der Waals surface area contributed by atoms with Crippen molar-refractivity contribution in [1.29, 1.82) is 0 Å². The largest absolute Gasteiger partial charge is 2.00 e. The van der Waals surface area contributed by atoms with Gasteiger partial charge in [-0.2, -0.15) is 20.4 Å². The Morgan fingerprint density at radius 1 is 0.436 bits per heavy atom. The maximum atomic E-state index is 12.1. The smallest absolute Gasteiger partial charge is 0.872 e. The number of benzene rings is 4. The number of hydrogen-bond acceptors (Lipinski definition) is 12. The Labute approximate surface area is 351 Å². The van der Waals surface area contributed by atoms with Gasteiger partial charge in [-0.1, -0.05) is 124 Å². The fourth-order valence-electron chi connectivity index (χ4n) is 3.98. The number of pyridine rings is 2. The summed E-state index contributed by atoms with van der Waals surface area (Å²) in [6.07, 6.45) is 7.00. The fraction of sp³-hybridized carbons (Fsp3) is 0.150. The Morgan fingerprint density at radius 2 is 0.764 bits per heavy atom. The molecule has 15 heteroatoms. The summed E-state index contributed by atoms with van der Waals surface area (Å²) >= 11 is 0. The van der Waals surface area contributed by atoms with Gasteiger partial charge in [-0.25, -0.2) is 0 Å². The summed E-state index contributed by atoms with van der Waals surface area (Å²) in [4.78, 5) is 7.57. The zero-order valence-corrected chi connectivity index (χ0v) is 32.7. The summed E-state index contributed by atoms with van der Waals surface area (Å²) < 4.78 is 0. The van der Waals surface area contributed by atoms with E-state index in [0.29, 0.717) is 10.8 Å². The summed E-state index contributed by atoms with van der Waals surface area (Å²) in [6.45, 7) is 6.61. The first-order valence-electron chi connectivity index (χ1n) is 16.1. The van der Waals surface area contributed by atoms with Crippen LogP contribution in [0.5, 0.6) is 11.5 Å². The third kappa shape index (κ3) is 16.3. The Balaban J connectivity index is 0.000000780. The number of nitrogens with zero attached hydrogens (tertiary/aromatic N) is 6. The van der Waals surface area contributed by atoms with E-state index < -0.39 is 35.1 Å². The van der Waals surface area contributed by atoms with Crippen molar-refractivity contribution in [3.63, 3.8) is 0 Å². The van der Waals surface area contributed by atoms with Crippen LogP contribution in [0.3, 0.4) is 0 Å². The summed E-state index contributed by atoms with van der Waals surface area (Å²) in [5.41, 5.74) is -0.159. The number of hydrogen-bond donors (Lipinski definition) is 0. The van der Waals surface area contributed by atoms with Gasteiger partial charge in [0.05, 0.1) is 0 Å². The van der Waals surface area contributed by atoms with E-state index in [2.05, 4.69) is 30.4 Å². The van der Waals surface area contributed by atoms with Gasteiger partial charge in [0.1, 0.15) is 0 Å². The van der Waals surface area contributed by atoms with E-state index >= 15 is 0 Å². The maximum absolute atomic E-state index is 12.1. The first kappa shape index (κ1) is 49.7. The molecule has 0 amide bonds. The molecule has 0 saturated heterocycles. The van der Waals surface area contributed by atoms with Crippen molar-refractivity contribution in [3.05, 3.63) is 145 Å². The van der Waals surface area contributed by atoms with E-state index in [1.54, 1.807) is 101 Å². The quantitative estimate of drug-likeness (QED) is 0.105. The Hall–Kier alpha value is -5.26. The van der Waals surface area contributed by atoms with Gasteiger partial charge >= 0.3 is 51.2 Å². The maximum Gasteiger partial charge on any atom is 2.00 e. The number of rotatable bonds is 6. The SMILES string of the molecule is CC(C)/C([O-])=N/N=C(\[O-])c1ccc2ccccc2c1[O-].CC(C)/C([O-])=N/N=C(\[O-])c1ccc2ccccc2c1[O-].[Cu+2].[Cu+2].[Cu+2].c1ccncc1.c1ccncc1. The molecule has 2 aromatic heterocycles.